The SMILES string of the molecule is CCN(Cc1cc(CNC(C)C)sc1C)C(C)C. The average molecular weight is 268 g/mol. The molecule has 0 saturated heterocycles. The molecular weight excluding hydrogens is 240 g/mol. The minimum absolute atomic E-state index is 0.554. The lowest BCUT2D eigenvalue weighted by molar-refractivity contribution is 0.225. The summed E-state index contributed by atoms with van der Waals surface area (Å²) in [5.74, 6) is 0. The quantitative estimate of drug-likeness (QED) is 0.809. The Morgan fingerprint density at radius 3 is 2.44 bits per heavy atom. The van der Waals surface area contributed by atoms with E-state index in [4.69, 9.17) is 0 Å². The number of hydrogen-bond acceptors (Lipinski definition) is 3. The van der Waals surface area contributed by atoms with Crippen molar-refractivity contribution < 1.29 is 0 Å². The highest BCUT2D eigenvalue weighted by Crippen LogP contribution is 2.23. The minimum Gasteiger partial charge on any atom is -0.310 e. The lowest BCUT2D eigenvalue weighted by Crippen LogP contribution is -2.30. The lowest BCUT2D eigenvalue weighted by Gasteiger charge is -2.24. The summed E-state index contributed by atoms with van der Waals surface area (Å²) in [5, 5.41) is 3.49. The van der Waals surface area contributed by atoms with Crippen LogP contribution in [0.15, 0.2) is 6.07 Å². The summed E-state index contributed by atoms with van der Waals surface area (Å²) >= 11 is 1.93. The first kappa shape index (κ1) is 15.7. The van der Waals surface area contributed by atoms with E-state index in [1.807, 2.05) is 11.3 Å². The van der Waals surface area contributed by atoms with Crippen LogP contribution in [0.2, 0.25) is 0 Å². The summed E-state index contributed by atoms with van der Waals surface area (Å²) < 4.78 is 0. The van der Waals surface area contributed by atoms with Gasteiger partial charge in [-0.25, -0.2) is 0 Å². The van der Waals surface area contributed by atoms with Crippen LogP contribution in [0.3, 0.4) is 0 Å². The predicted octanol–water partition coefficient (Wildman–Crippen LogP) is 3.78. The van der Waals surface area contributed by atoms with Gasteiger partial charge in [0.15, 0.2) is 0 Å². The zero-order chi connectivity index (χ0) is 13.7. The molecule has 0 aliphatic carbocycles. The highest BCUT2D eigenvalue weighted by Gasteiger charge is 2.12. The standard InChI is InChI=1S/C15H28N2S/c1-7-17(12(4)5)10-14-8-15(18-13(14)6)9-16-11(2)3/h8,11-12,16H,7,9-10H2,1-6H3. The first-order valence-corrected chi connectivity index (χ1v) is 7.81. The Hall–Kier alpha value is -0.380. The third-order valence-corrected chi connectivity index (χ3v) is 4.36. The van der Waals surface area contributed by atoms with Gasteiger partial charge in [0.2, 0.25) is 0 Å². The van der Waals surface area contributed by atoms with Crippen molar-refractivity contribution in [3.8, 4) is 0 Å². The number of nitrogens with one attached hydrogen (secondary N) is 1. The highest BCUT2D eigenvalue weighted by atomic mass is 32.1. The Morgan fingerprint density at radius 2 is 1.94 bits per heavy atom. The molecule has 0 saturated carbocycles. The van der Waals surface area contributed by atoms with Crippen LogP contribution in [0.25, 0.3) is 0 Å². The van der Waals surface area contributed by atoms with E-state index in [2.05, 4.69) is 57.8 Å². The van der Waals surface area contributed by atoms with Crippen LogP contribution in [0, 0.1) is 6.92 Å². The van der Waals surface area contributed by atoms with Crippen molar-refractivity contribution in [2.45, 2.75) is 66.7 Å². The molecule has 1 heterocycles. The fourth-order valence-electron chi connectivity index (χ4n) is 2.01. The van der Waals surface area contributed by atoms with E-state index in [-0.39, 0.29) is 0 Å². The number of nitrogens with zero attached hydrogens (tertiary/aromatic N) is 1. The van der Waals surface area contributed by atoms with Crippen molar-refractivity contribution in [2.75, 3.05) is 6.54 Å². The van der Waals surface area contributed by atoms with Crippen molar-refractivity contribution in [1.29, 1.82) is 0 Å². The molecule has 0 amide bonds. The van der Waals surface area contributed by atoms with Gasteiger partial charge in [-0.15, -0.1) is 11.3 Å². The third-order valence-electron chi connectivity index (χ3n) is 3.27. The van der Waals surface area contributed by atoms with Crippen molar-refractivity contribution >= 4 is 11.3 Å². The number of thiophene rings is 1. The van der Waals surface area contributed by atoms with Crippen LogP contribution in [0.5, 0.6) is 0 Å². The van der Waals surface area contributed by atoms with Crippen LogP contribution in [0.1, 0.15) is 49.9 Å². The molecule has 18 heavy (non-hydrogen) atoms. The Balaban J connectivity index is 2.66. The Bertz CT molecular complexity index is 355. The van der Waals surface area contributed by atoms with Crippen molar-refractivity contribution in [3.63, 3.8) is 0 Å². The molecule has 104 valence electrons. The summed E-state index contributed by atoms with van der Waals surface area (Å²) in [4.78, 5) is 5.43. The molecule has 0 fully saturated rings. The Kier molecular flexibility index (Phi) is 6.33. The molecule has 1 aromatic rings. The first-order chi connectivity index (χ1) is 8.43. The number of rotatable bonds is 7. The zero-order valence-corrected chi connectivity index (χ0v) is 13.5. The highest BCUT2D eigenvalue weighted by molar-refractivity contribution is 7.12. The van der Waals surface area contributed by atoms with Gasteiger partial charge in [0.25, 0.3) is 0 Å². The van der Waals surface area contributed by atoms with E-state index in [0.717, 1.165) is 19.6 Å². The number of aryl methyl sites for hydroxylation is 1. The van der Waals surface area contributed by atoms with Gasteiger partial charge in [-0.2, -0.15) is 0 Å². The van der Waals surface area contributed by atoms with Crippen LogP contribution in [-0.2, 0) is 13.1 Å². The molecule has 0 spiro atoms. The predicted molar refractivity (Wildman–Crippen MR) is 82.3 cm³/mol. The lowest BCUT2D eigenvalue weighted by atomic mass is 10.2. The van der Waals surface area contributed by atoms with Crippen molar-refractivity contribution in [1.82, 2.24) is 10.2 Å². The largest absolute Gasteiger partial charge is 0.310 e. The fraction of sp³-hybridized carbons (Fsp3) is 0.733. The Morgan fingerprint density at radius 1 is 1.28 bits per heavy atom. The first-order valence-electron chi connectivity index (χ1n) is 6.99. The molecule has 0 unspecified atom stereocenters. The second-order valence-corrected chi connectivity index (χ2v) is 6.83. The molecule has 3 heteroatoms. The molecule has 0 bridgehead atoms. The van der Waals surface area contributed by atoms with Gasteiger partial charge >= 0.3 is 0 Å². The molecule has 1 rings (SSSR count). The summed E-state index contributed by atoms with van der Waals surface area (Å²) in [6.45, 7) is 16.6. The van der Waals surface area contributed by atoms with Gasteiger partial charge in [-0.3, -0.25) is 4.90 Å². The molecule has 1 N–H and O–H groups in total. The van der Waals surface area contributed by atoms with Crippen molar-refractivity contribution in [2.24, 2.45) is 0 Å². The fourth-order valence-corrected chi connectivity index (χ4v) is 3.02. The zero-order valence-electron chi connectivity index (χ0n) is 12.7. The van der Waals surface area contributed by atoms with Crippen LogP contribution in [0.4, 0.5) is 0 Å². The summed E-state index contributed by atoms with van der Waals surface area (Å²) in [7, 11) is 0. The van der Waals surface area contributed by atoms with Gasteiger partial charge in [-0.1, -0.05) is 20.8 Å². The van der Waals surface area contributed by atoms with E-state index in [9.17, 15) is 0 Å². The molecule has 0 aliphatic rings. The summed E-state index contributed by atoms with van der Waals surface area (Å²) in [5.41, 5.74) is 1.50. The van der Waals surface area contributed by atoms with Gasteiger partial charge < -0.3 is 5.32 Å². The second-order valence-electron chi connectivity index (χ2n) is 5.49. The van der Waals surface area contributed by atoms with Crippen LogP contribution < -0.4 is 5.32 Å². The topological polar surface area (TPSA) is 15.3 Å². The molecule has 0 atom stereocenters. The van der Waals surface area contributed by atoms with Gasteiger partial charge in [-0.05, 0) is 38.9 Å². The molecule has 2 nitrogen and oxygen atoms in total. The second kappa shape index (κ2) is 7.27. The summed E-state index contributed by atoms with van der Waals surface area (Å²) in [6, 6.07) is 3.55. The third kappa shape index (κ3) is 4.71. The van der Waals surface area contributed by atoms with E-state index >= 15 is 0 Å². The van der Waals surface area contributed by atoms with Gasteiger partial charge in [0.05, 0.1) is 0 Å². The maximum atomic E-state index is 3.49. The van der Waals surface area contributed by atoms with E-state index in [1.165, 1.54) is 15.3 Å². The van der Waals surface area contributed by atoms with Crippen LogP contribution in [-0.4, -0.2) is 23.5 Å². The van der Waals surface area contributed by atoms with Crippen molar-refractivity contribution in [3.05, 3.63) is 21.4 Å². The monoisotopic (exact) mass is 268 g/mol. The smallest absolute Gasteiger partial charge is 0.0302 e. The van der Waals surface area contributed by atoms with E-state index in [1.54, 1.807) is 0 Å². The summed E-state index contributed by atoms with van der Waals surface area (Å²) in [6.07, 6.45) is 0. The van der Waals surface area contributed by atoms with Gasteiger partial charge in [0.1, 0.15) is 0 Å². The molecular formula is C15H28N2S. The van der Waals surface area contributed by atoms with E-state index < -0.39 is 0 Å². The Labute approximate surface area is 116 Å². The average Bonchev–Trinajstić information content (AvgIpc) is 2.63. The normalized spacial score (nSPS) is 12.1. The molecule has 0 aliphatic heterocycles. The van der Waals surface area contributed by atoms with Crippen LogP contribution >= 0.6 is 11.3 Å². The minimum atomic E-state index is 0.554. The van der Waals surface area contributed by atoms with Gasteiger partial charge in [0, 0.05) is 34.9 Å². The maximum absolute atomic E-state index is 3.49. The molecule has 1 aromatic heterocycles. The van der Waals surface area contributed by atoms with E-state index in [0.29, 0.717) is 12.1 Å². The maximum Gasteiger partial charge on any atom is 0.0302 e. The molecule has 0 aromatic carbocycles. The number of hydrogen-bond donors (Lipinski definition) is 1. The molecule has 0 radical (unpaired) electrons.